The summed E-state index contributed by atoms with van der Waals surface area (Å²) in [5.41, 5.74) is -0.429. The number of rotatable bonds is 7. The zero-order valence-corrected chi connectivity index (χ0v) is 13.1. The van der Waals surface area contributed by atoms with Crippen molar-refractivity contribution in [2.45, 2.75) is 57.9 Å². The normalized spacial score (nSPS) is 28.1. The van der Waals surface area contributed by atoms with Gasteiger partial charge in [-0.1, -0.05) is 6.92 Å². The first-order valence-electron chi connectivity index (χ1n) is 8.35. The number of likely N-dealkylation sites (tertiary alicyclic amines) is 1. The smallest absolute Gasteiger partial charge is 0.326 e. The fourth-order valence-corrected chi connectivity index (χ4v) is 3.11. The van der Waals surface area contributed by atoms with Crippen LogP contribution in [0, 0.1) is 5.92 Å². The lowest BCUT2D eigenvalue weighted by Gasteiger charge is -2.31. The van der Waals surface area contributed by atoms with Gasteiger partial charge in [-0.2, -0.15) is 0 Å². The van der Waals surface area contributed by atoms with Crippen LogP contribution in [0.2, 0.25) is 0 Å². The van der Waals surface area contributed by atoms with Crippen molar-refractivity contribution in [3.63, 3.8) is 0 Å². The van der Waals surface area contributed by atoms with Crippen LogP contribution in [-0.2, 0) is 9.53 Å². The van der Waals surface area contributed by atoms with Crippen molar-refractivity contribution in [1.29, 1.82) is 0 Å². The van der Waals surface area contributed by atoms with E-state index in [-0.39, 0.29) is 5.97 Å². The summed E-state index contributed by atoms with van der Waals surface area (Å²) in [4.78, 5) is 15.0. The molecule has 0 aromatic heterocycles. The lowest BCUT2D eigenvalue weighted by Crippen LogP contribution is -2.54. The summed E-state index contributed by atoms with van der Waals surface area (Å²) in [6.45, 7) is 8.82. The molecule has 0 aromatic rings. The van der Waals surface area contributed by atoms with Crippen LogP contribution in [0.4, 0.5) is 0 Å². The molecule has 4 heteroatoms. The first-order valence-corrected chi connectivity index (χ1v) is 8.35. The van der Waals surface area contributed by atoms with Crippen molar-refractivity contribution >= 4 is 5.97 Å². The Bertz CT molecular complexity index is 318. The maximum atomic E-state index is 12.5. The zero-order valence-electron chi connectivity index (χ0n) is 13.1. The summed E-state index contributed by atoms with van der Waals surface area (Å²) in [5, 5.41) is 3.58. The van der Waals surface area contributed by atoms with Crippen LogP contribution in [0.1, 0.15) is 52.4 Å². The maximum absolute atomic E-state index is 12.5. The van der Waals surface area contributed by atoms with Gasteiger partial charge >= 0.3 is 5.97 Å². The van der Waals surface area contributed by atoms with Crippen LogP contribution >= 0.6 is 0 Å². The molecular weight excluding hydrogens is 252 g/mol. The van der Waals surface area contributed by atoms with Gasteiger partial charge in [0.15, 0.2) is 0 Å². The molecule has 1 saturated heterocycles. The second-order valence-electron chi connectivity index (χ2n) is 6.32. The van der Waals surface area contributed by atoms with Crippen LogP contribution in [-0.4, -0.2) is 49.2 Å². The molecule has 0 spiro atoms. The van der Waals surface area contributed by atoms with Crippen LogP contribution < -0.4 is 5.32 Å². The van der Waals surface area contributed by atoms with E-state index in [1.165, 1.54) is 19.3 Å². The molecule has 0 radical (unpaired) electrons. The van der Waals surface area contributed by atoms with Gasteiger partial charge in [0.1, 0.15) is 5.54 Å². The van der Waals surface area contributed by atoms with Crippen LogP contribution in [0.3, 0.4) is 0 Å². The molecule has 1 aliphatic carbocycles. The Morgan fingerprint density at radius 2 is 2.10 bits per heavy atom. The summed E-state index contributed by atoms with van der Waals surface area (Å²) in [7, 11) is 0. The molecule has 1 N–H and O–H groups in total. The van der Waals surface area contributed by atoms with Gasteiger partial charge < -0.3 is 15.0 Å². The second-order valence-corrected chi connectivity index (χ2v) is 6.32. The van der Waals surface area contributed by atoms with E-state index in [9.17, 15) is 4.79 Å². The van der Waals surface area contributed by atoms with Crippen molar-refractivity contribution in [2.75, 3.05) is 32.8 Å². The lowest BCUT2D eigenvalue weighted by molar-refractivity contribution is -0.152. The monoisotopic (exact) mass is 282 g/mol. The Labute approximate surface area is 123 Å². The summed E-state index contributed by atoms with van der Waals surface area (Å²) in [6.07, 6.45) is 6.69. The molecule has 4 nitrogen and oxygen atoms in total. The number of nitrogens with one attached hydrogen (secondary N) is 1. The first-order chi connectivity index (χ1) is 9.70. The second kappa shape index (κ2) is 7.41. The van der Waals surface area contributed by atoms with Crippen LogP contribution in [0.5, 0.6) is 0 Å². The van der Waals surface area contributed by atoms with Gasteiger partial charge in [-0.15, -0.1) is 0 Å². The highest BCUT2D eigenvalue weighted by molar-refractivity contribution is 5.81. The molecule has 1 atom stereocenters. The van der Waals surface area contributed by atoms with Crippen molar-refractivity contribution in [1.82, 2.24) is 10.2 Å². The predicted octanol–water partition coefficient (Wildman–Crippen LogP) is 2.18. The van der Waals surface area contributed by atoms with Gasteiger partial charge in [-0.25, -0.2) is 0 Å². The average Bonchev–Trinajstić information content (AvgIpc) is 3.25. The van der Waals surface area contributed by atoms with Crippen molar-refractivity contribution in [3.05, 3.63) is 0 Å². The Balaban J connectivity index is 1.98. The number of carbonyl (C=O) groups excluding carboxylic acids is 1. The van der Waals surface area contributed by atoms with Gasteiger partial charge in [0.05, 0.1) is 6.61 Å². The number of nitrogens with zero attached hydrogens (tertiary/aromatic N) is 1. The van der Waals surface area contributed by atoms with E-state index >= 15 is 0 Å². The molecule has 1 saturated carbocycles. The lowest BCUT2D eigenvalue weighted by atomic mass is 9.90. The highest BCUT2D eigenvalue weighted by Crippen LogP contribution is 2.31. The van der Waals surface area contributed by atoms with E-state index in [0.717, 1.165) is 51.4 Å². The standard InChI is InChI=1S/C16H30N2O2/c1-3-10-18-11-5-8-16(9-12-18,15(19)20-4-2)17-13-14-6-7-14/h14,17H,3-13H2,1-2H3. The third-order valence-corrected chi connectivity index (χ3v) is 4.56. The van der Waals surface area contributed by atoms with Gasteiger partial charge in [-0.05, 0) is 71.0 Å². The fraction of sp³-hybridized carbons (Fsp3) is 0.938. The predicted molar refractivity (Wildman–Crippen MR) is 80.7 cm³/mol. The number of ether oxygens (including phenoxy) is 1. The number of hydrogen-bond acceptors (Lipinski definition) is 4. The summed E-state index contributed by atoms with van der Waals surface area (Å²) < 4.78 is 5.37. The fourth-order valence-electron chi connectivity index (χ4n) is 3.11. The Morgan fingerprint density at radius 3 is 2.75 bits per heavy atom. The molecule has 0 aromatic carbocycles. The quantitative estimate of drug-likeness (QED) is 0.727. The molecule has 2 aliphatic rings. The molecule has 1 heterocycles. The molecule has 2 rings (SSSR count). The maximum Gasteiger partial charge on any atom is 0.326 e. The van der Waals surface area contributed by atoms with Gasteiger partial charge in [0.2, 0.25) is 0 Å². The molecule has 116 valence electrons. The number of esters is 1. The third kappa shape index (κ3) is 4.19. The summed E-state index contributed by atoms with van der Waals surface area (Å²) in [6, 6.07) is 0. The minimum Gasteiger partial charge on any atom is -0.465 e. The molecule has 2 fully saturated rings. The highest BCUT2D eigenvalue weighted by Gasteiger charge is 2.41. The molecular formula is C16H30N2O2. The molecule has 1 unspecified atom stereocenters. The van der Waals surface area contributed by atoms with Gasteiger partial charge in [-0.3, -0.25) is 4.79 Å². The zero-order chi connectivity index (χ0) is 14.4. The van der Waals surface area contributed by atoms with Gasteiger partial charge in [0.25, 0.3) is 0 Å². The molecule has 0 amide bonds. The van der Waals surface area contributed by atoms with E-state index in [2.05, 4.69) is 17.1 Å². The summed E-state index contributed by atoms with van der Waals surface area (Å²) >= 11 is 0. The molecule has 1 aliphatic heterocycles. The topological polar surface area (TPSA) is 41.6 Å². The number of carbonyl (C=O) groups is 1. The first kappa shape index (κ1) is 15.8. The van der Waals surface area contributed by atoms with Gasteiger partial charge in [0, 0.05) is 6.54 Å². The average molecular weight is 282 g/mol. The number of hydrogen-bond donors (Lipinski definition) is 1. The van der Waals surface area contributed by atoms with E-state index in [4.69, 9.17) is 4.74 Å². The molecule has 20 heavy (non-hydrogen) atoms. The van der Waals surface area contributed by atoms with Crippen LogP contribution in [0.25, 0.3) is 0 Å². The van der Waals surface area contributed by atoms with E-state index in [0.29, 0.717) is 6.61 Å². The SMILES string of the molecule is CCCN1CCCC(NCC2CC2)(C(=O)OCC)CC1. The summed E-state index contributed by atoms with van der Waals surface area (Å²) in [5.74, 6) is 0.760. The Morgan fingerprint density at radius 1 is 1.30 bits per heavy atom. The molecule has 0 bridgehead atoms. The Kier molecular flexibility index (Phi) is 5.85. The van der Waals surface area contributed by atoms with Crippen molar-refractivity contribution < 1.29 is 9.53 Å². The van der Waals surface area contributed by atoms with Crippen molar-refractivity contribution in [2.24, 2.45) is 5.92 Å². The minimum absolute atomic E-state index is 0.0287. The van der Waals surface area contributed by atoms with Crippen LogP contribution in [0.15, 0.2) is 0 Å². The Hall–Kier alpha value is -0.610. The third-order valence-electron chi connectivity index (χ3n) is 4.56. The largest absolute Gasteiger partial charge is 0.465 e. The highest BCUT2D eigenvalue weighted by atomic mass is 16.5. The minimum atomic E-state index is -0.429. The van der Waals surface area contributed by atoms with E-state index < -0.39 is 5.54 Å². The van der Waals surface area contributed by atoms with E-state index in [1.54, 1.807) is 0 Å². The van der Waals surface area contributed by atoms with E-state index in [1.807, 2.05) is 6.92 Å². The van der Waals surface area contributed by atoms with Crippen molar-refractivity contribution in [3.8, 4) is 0 Å².